The summed E-state index contributed by atoms with van der Waals surface area (Å²) in [6, 6.07) is 9.32. The molecule has 0 atom stereocenters. The molecule has 1 heterocycles. The average molecular weight is 342 g/mol. The zero-order chi connectivity index (χ0) is 18.1. The SMILES string of the molecule is O=C(/C=C/c1ccco1)NCC(=O)N/N=C\c1ccccc1[N+](=O)[O-]. The summed E-state index contributed by atoms with van der Waals surface area (Å²) in [7, 11) is 0. The first-order valence-electron chi connectivity index (χ1n) is 7.11. The molecule has 0 saturated heterocycles. The average Bonchev–Trinajstić information content (AvgIpc) is 3.12. The van der Waals surface area contributed by atoms with Gasteiger partial charge >= 0.3 is 0 Å². The van der Waals surface area contributed by atoms with Crippen molar-refractivity contribution < 1.29 is 18.9 Å². The zero-order valence-corrected chi connectivity index (χ0v) is 12.9. The predicted octanol–water partition coefficient (Wildman–Crippen LogP) is 1.47. The summed E-state index contributed by atoms with van der Waals surface area (Å²) in [5.41, 5.74) is 2.29. The number of nitrogens with zero attached hydrogens (tertiary/aromatic N) is 2. The summed E-state index contributed by atoms with van der Waals surface area (Å²) < 4.78 is 5.02. The number of rotatable bonds is 7. The molecule has 1 aromatic heterocycles. The van der Waals surface area contributed by atoms with Crippen molar-refractivity contribution in [1.29, 1.82) is 0 Å². The van der Waals surface area contributed by atoms with E-state index in [1.165, 1.54) is 36.6 Å². The number of nitro groups is 1. The highest BCUT2D eigenvalue weighted by Gasteiger charge is 2.10. The highest BCUT2D eigenvalue weighted by atomic mass is 16.6. The van der Waals surface area contributed by atoms with Gasteiger partial charge < -0.3 is 9.73 Å². The summed E-state index contributed by atoms with van der Waals surface area (Å²) in [5, 5.41) is 16.8. The largest absolute Gasteiger partial charge is 0.465 e. The number of nitro benzene ring substituents is 1. The fraction of sp³-hybridized carbons (Fsp3) is 0.0625. The van der Waals surface area contributed by atoms with Gasteiger partial charge in [-0.25, -0.2) is 5.43 Å². The molecule has 2 N–H and O–H groups in total. The van der Waals surface area contributed by atoms with Crippen LogP contribution < -0.4 is 10.7 Å². The van der Waals surface area contributed by atoms with Crippen molar-refractivity contribution in [2.75, 3.05) is 6.54 Å². The molecule has 0 aliphatic carbocycles. The van der Waals surface area contributed by atoms with Crippen LogP contribution in [0.2, 0.25) is 0 Å². The molecular weight excluding hydrogens is 328 g/mol. The van der Waals surface area contributed by atoms with Crippen LogP contribution in [0.4, 0.5) is 5.69 Å². The van der Waals surface area contributed by atoms with Crippen molar-refractivity contribution >= 4 is 29.8 Å². The number of furan rings is 1. The van der Waals surface area contributed by atoms with Crippen molar-refractivity contribution in [2.24, 2.45) is 5.10 Å². The van der Waals surface area contributed by atoms with Gasteiger partial charge in [0.25, 0.3) is 11.6 Å². The Balaban J connectivity index is 1.79. The van der Waals surface area contributed by atoms with Crippen molar-refractivity contribution in [3.8, 4) is 0 Å². The van der Waals surface area contributed by atoms with Crippen LogP contribution in [0.15, 0.2) is 58.3 Å². The molecule has 0 unspecified atom stereocenters. The van der Waals surface area contributed by atoms with E-state index in [1.807, 2.05) is 0 Å². The van der Waals surface area contributed by atoms with Crippen LogP contribution in [-0.4, -0.2) is 29.5 Å². The molecule has 0 bridgehead atoms. The minimum atomic E-state index is -0.574. The molecule has 128 valence electrons. The number of hydrazone groups is 1. The maximum absolute atomic E-state index is 11.6. The van der Waals surface area contributed by atoms with Crippen molar-refractivity contribution in [2.45, 2.75) is 0 Å². The Labute approximate surface area is 142 Å². The van der Waals surface area contributed by atoms with Gasteiger partial charge in [-0.15, -0.1) is 0 Å². The lowest BCUT2D eigenvalue weighted by Crippen LogP contribution is -2.34. The van der Waals surface area contributed by atoms with E-state index in [4.69, 9.17) is 4.42 Å². The van der Waals surface area contributed by atoms with Crippen LogP contribution in [0.1, 0.15) is 11.3 Å². The minimum absolute atomic E-state index is 0.128. The third-order valence-corrected chi connectivity index (χ3v) is 2.89. The molecule has 2 aromatic rings. The maximum atomic E-state index is 11.6. The van der Waals surface area contributed by atoms with E-state index >= 15 is 0 Å². The number of amides is 2. The van der Waals surface area contributed by atoms with Gasteiger partial charge in [-0.1, -0.05) is 12.1 Å². The molecule has 9 nitrogen and oxygen atoms in total. The summed E-state index contributed by atoms with van der Waals surface area (Å²) in [4.78, 5) is 33.4. The van der Waals surface area contributed by atoms with Crippen LogP contribution in [0.25, 0.3) is 6.08 Å². The van der Waals surface area contributed by atoms with Gasteiger partial charge in [-0.05, 0) is 24.3 Å². The van der Waals surface area contributed by atoms with E-state index < -0.39 is 16.7 Å². The molecule has 2 amide bonds. The summed E-state index contributed by atoms with van der Waals surface area (Å²) >= 11 is 0. The molecule has 0 spiro atoms. The van der Waals surface area contributed by atoms with Crippen LogP contribution in [-0.2, 0) is 9.59 Å². The molecule has 0 saturated carbocycles. The lowest BCUT2D eigenvalue weighted by atomic mass is 10.2. The lowest BCUT2D eigenvalue weighted by Gasteiger charge is -2.01. The van der Waals surface area contributed by atoms with Crippen LogP contribution in [0.5, 0.6) is 0 Å². The molecule has 25 heavy (non-hydrogen) atoms. The highest BCUT2D eigenvalue weighted by molar-refractivity contribution is 5.94. The Morgan fingerprint density at radius 2 is 2.04 bits per heavy atom. The molecule has 2 rings (SSSR count). The topological polar surface area (TPSA) is 127 Å². The molecule has 0 aliphatic rings. The fourth-order valence-electron chi connectivity index (χ4n) is 1.75. The van der Waals surface area contributed by atoms with Gasteiger partial charge in [-0.2, -0.15) is 5.10 Å². The van der Waals surface area contributed by atoms with E-state index in [1.54, 1.807) is 18.2 Å². The van der Waals surface area contributed by atoms with Gasteiger partial charge in [0.05, 0.1) is 29.5 Å². The van der Waals surface area contributed by atoms with Gasteiger partial charge in [0.1, 0.15) is 5.76 Å². The quantitative estimate of drug-likeness (QED) is 0.341. The van der Waals surface area contributed by atoms with Crippen LogP contribution >= 0.6 is 0 Å². The van der Waals surface area contributed by atoms with Crippen LogP contribution in [0, 0.1) is 10.1 Å². The summed E-state index contributed by atoms with van der Waals surface area (Å²) in [6.07, 6.45) is 5.32. The summed E-state index contributed by atoms with van der Waals surface area (Å²) in [5.74, 6) is -0.544. The fourth-order valence-corrected chi connectivity index (χ4v) is 1.75. The number of hydrogen-bond donors (Lipinski definition) is 2. The van der Waals surface area contributed by atoms with E-state index in [0.29, 0.717) is 5.76 Å². The molecular formula is C16H14N4O5. The zero-order valence-electron chi connectivity index (χ0n) is 12.9. The number of hydrogen-bond acceptors (Lipinski definition) is 6. The number of carbonyl (C=O) groups is 2. The van der Waals surface area contributed by atoms with E-state index in [2.05, 4.69) is 15.8 Å². The maximum Gasteiger partial charge on any atom is 0.278 e. The first kappa shape index (κ1) is 17.6. The van der Waals surface area contributed by atoms with E-state index in [0.717, 1.165) is 6.21 Å². The van der Waals surface area contributed by atoms with Crippen molar-refractivity contribution in [1.82, 2.24) is 10.7 Å². The summed E-state index contributed by atoms with van der Waals surface area (Å²) in [6.45, 7) is -0.296. The third-order valence-electron chi connectivity index (χ3n) is 2.89. The van der Waals surface area contributed by atoms with Gasteiger partial charge in [0.2, 0.25) is 5.91 Å². The second-order valence-electron chi connectivity index (χ2n) is 4.68. The Morgan fingerprint density at radius 3 is 2.76 bits per heavy atom. The molecule has 9 heteroatoms. The standard InChI is InChI=1S/C16H14N4O5/c21-15(8-7-13-5-3-9-25-13)17-11-16(22)19-18-10-12-4-1-2-6-14(12)20(23)24/h1-10H,11H2,(H,17,21)(H,19,22)/b8-7+,18-10-. The minimum Gasteiger partial charge on any atom is -0.465 e. The Bertz CT molecular complexity index is 812. The Kier molecular flexibility index (Phi) is 6.18. The highest BCUT2D eigenvalue weighted by Crippen LogP contribution is 2.14. The third kappa shape index (κ3) is 5.75. The van der Waals surface area contributed by atoms with Gasteiger partial charge in [0, 0.05) is 12.1 Å². The molecule has 1 aromatic carbocycles. The van der Waals surface area contributed by atoms with Crippen LogP contribution in [0.3, 0.4) is 0 Å². The Hall–Kier alpha value is -3.75. The molecule has 0 radical (unpaired) electrons. The van der Waals surface area contributed by atoms with E-state index in [9.17, 15) is 19.7 Å². The smallest absolute Gasteiger partial charge is 0.278 e. The lowest BCUT2D eigenvalue weighted by molar-refractivity contribution is -0.385. The predicted molar refractivity (Wildman–Crippen MR) is 89.6 cm³/mol. The number of benzene rings is 1. The van der Waals surface area contributed by atoms with E-state index in [-0.39, 0.29) is 17.8 Å². The second kappa shape index (κ2) is 8.77. The Morgan fingerprint density at radius 1 is 1.24 bits per heavy atom. The molecule has 0 aliphatic heterocycles. The number of carbonyl (C=O) groups excluding carboxylic acids is 2. The first-order chi connectivity index (χ1) is 12.1. The normalized spacial score (nSPS) is 10.9. The second-order valence-corrected chi connectivity index (χ2v) is 4.68. The van der Waals surface area contributed by atoms with Crippen molar-refractivity contribution in [3.05, 3.63) is 70.2 Å². The monoisotopic (exact) mass is 342 g/mol. The number of nitrogens with one attached hydrogen (secondary N) is 2. The molecule has 0 fully saturated rings. The van der Waals surface area contributed by atoms with Gasteiger partial charge in [0.15, 0.2) is 0 Å². The van der Waals surface area contributed by atoms with Crippen molar-refractivity contribution in [3.63, 3.8) is 0 Å². The van der Waals surface area contributed by atoms with Gasteiger partial charge in [-0.3, -0.25) is 19.7 Å². The number of para-hydroxylation sites is 1. The first-order valence-corrected chi connectivity index (χ1v) is 7.11.